The molecule has 1 rings (SSSR count). The van der Waals surface area contributed by atoms with E-state index in [1.807, 2.05) is 0 Å². The molecule has 0 spiro atoms. The van der Waals surface area contributed by atoms with E-state index in [-0.39, 0.29) is 5.69 Å². The lowest BCUT2D eigenvalue weighted by atomic mass is 10.1. The van der Waals surface area contributed by atoms with E-state index < -0.39 is 24.3 Å². The Hall–Kier alpha value is -1.72. The molecule has 1 N–H and O–H groups in total. The first-order valence-electron chi connectivity index (χ1n) is 4.41. The first-order chi connectivity index (χ1) is 7.32. The molecule has 0 bridgehead atoms. The van der Waals surface area contributed by atoms with Gasteiger partial charge in [-0.05, 0) is 12.1 Å². The summed E-state index contributed by atoms with van der Waals surface area (Å²) in [6, 6.07) is 4.86. The molecule has 0 aromatic heterocycles. The predicted octanol–water partition coefficient (Wildman–Crippen LogP) is 2.23. The van der Waals surface area contributed by atoms with Gasteiger partial charge in [0.25, 0.3) is 0 Å². The van der Waals surface area contributed by atoms with Crippen LogP contribution in [0.2, 0.25) is 0 Å². The van der Waals surface area contributed by atoms with Crippen LogP contribution >= 0.6 is 0 Å². The van der Waals surface area contributed by atoms with Crippen LogP contribution in [0.4, 0.5) is 18.9 Å². The second kappa shape index (κ2) is 4.42. The van der Waals surface area contributed by atoms with Gasteiger partial charge in [0.1, 0.15) is 6.54 Å². The van der Waals surface area contributed by atoms with Gasteiger partial charge in [-0.2, -0.15) is 13.2 Å². The van der Waals surface area contributed by atoms with E-state index in [0.717, 1.165) is 11.0 Å². The highest BCUT2D eigenvalue weighted by Gasteiger charge is 2.34. The highest BCUT2D eigenvalue weighted by molar-refractivity contribution is 5.74. The van der Waals surface area contributed by atoms with Gasteiger partial charge in [0.2, 0.25) is 0 Å². The summed E-state index contributed by atoms with van der Waals surface area (Å²) < 4.78 is 37.7. The summed E-state index contributed by atoms with van der Waals surface area (Å²) in [7, 11) is 1.30. The third-order valence-electron chi connectivity index (χ3n) is 1.99. The number of anilines is 1. The Morgan fingerprint density at radius 2 is 1.94 bits per heavy atom. The number of benzene rings is 1. The summed E-state index contributed by atoms with van der Waals surface area (Å²) in [5, 5.41) is 8.52. The van der Waals surface area contributed by atoms with Crippen LogP contribution in [-0.4, -0.2) is 24.7 Å². The van der Waals surface area contributed by atoms with Crippen LogP contribution in [0.15, 0.2) is 24.3 Å². The lowest BCUT2D eigenvalue weighted by Crippen LogP contribution is -2.27. The molecule has 0 aliphatic rings. The lowest BCUT2D eigenvalue weighted by Gasteiger charge is -2.21. The Kier molecular flexibility index (Phi) is 3.41. The van der Waals surface area contributed by atoms with Crippen LogP contribution in [0, 0.1) is 0 Å². The number of carboxylic acid groups (broad SMARTS) is 1. The molecule has 1 aromatic carbocycles. The number of rotatable bonds is 3. The number of carbonyl (C=O) groups is 1. The standard InChI is InChI=1S/C10H10F3NO2/c1-14(6-9(15)16)8-5-3-2-4-7(8)10(11,12)13/h2-5H,6H2,1H3,(H,15,16). The maximum atomic E-state index is 12.6. The first-order valence-corrected chi connectivity index (χ1v) is 4.41. The summed E-state index contributed by atoms with van der Waals surface area (Å²) in [6.07, 6.45) is -4.48. The van der Waals surface area contributed by atoms with Gasteiger partial charge in [-0.1, -0.05) is 12.1 Å². The second-order valence-corrected chi connectivity index (χ2v) is 3.26. The normalized spacial score (nSPS) is 11.2. The molecule has 0 aliphatic heterocycles. The molecule has 0 aliphatic carbocycles. The molecule has 0 atom stereocenters. The molecular formula is C10H10F3NO2. The molecule has 0 unspecified atom stereocenters. The van der Waals surface area contributed by atoms with Crippen molar-refractivity contribution in [2.24, 2.45) is 0 Å². The third-order valence-corrected chi connectivity index (χ3v) is 1.99. The monoisotopic (exact) mass is 233 g/mol. The fraction of sp³-hybridized carbons (Fsp3) is 0.300. The zero-order chi connectivity index (χ0) is 12.3. The highest BCUT2D eigenvalue weighted by atomic mass is 19.4. The molecule has 6 heteroatoms. The molecule has 0 saturated carbocycles. The van der Waals surface area contributed by atoms with Crippen molar-refractivity contribution in [3.05, 3.63) is 29.8 Å². The fourth-order valence-corrected chi connectivity index (χ4v) is 1.33. The summed E-state index contributed by atoms with van der Waals surface area (Å²) >= 11 is 0. The number of hydrogen-bond acceptors (Lipinski definition) is 2. The number of para-hydroxylation sites is 1. The van der Waals surface area contributed by atoms with Crippen LogP contribution in [0.5, 0.6) is 0 Å². The van der Waals surface area contributed by atoms with E-state index >= 15 is 0 Å². The Bertz CT molecular complexity index is 390. The van der Waals surface area contributed by atoms with Crippen LogP contribution in [0.25, 0.3) is 0 Å². The summed E-state index contributed by atoms with van der Waals surface area (Å²) in [6.45, 7) is -0.479. The molecule has 0 fully saturated rings. The van der Waals surface area contributed by atoms with Gasteiger partial charge in [0, 0.05) is 12.7 Å². The average molecular weight is 233 g/mol. The minimum atomic E-state index is -4.48. The maximum Gasteiger partial charge on any atom is 0.418 e. The number of halogens is 3. The lowest BCUT2D eigenvalue weighted by molar-refractivity contribution is -0.138. The number of aliphatic carboxylic acids is 1. The van der Waals surface area contributed by atoms with Gasteiger partial charge in [0.15, 0.2) is 0 Å². The van der Waals surface area contributed by atoms with Crippen LogP contribution < -0.4 is 4.90 Å². The number of likely N-dealkylation sites (N-methyl/N-ethyl adjacent to an activating group) is 1. The van der Waals surface area contributed by atoms with Gasteiger partial charge in [-0.15, -0.1) is 0 Å². The minimum absolute atomic E-state index is 0.141. The summed E-state index contributed by atoms with van der Waals surface area (Å²) in [5.74, 6) is -1.18. The first kappa shape index (κ1) is 12.4. The van der Waals surface area contributed by atoms with E-state index in [4.69, 9.17) is 5.11 Å². The molecule has 0 heterocycles. The molecule has 1 aromatic rings. The van der Waals surface area contributed by atoms with Gasteiger partial charge < -0.3 is 10.0 Å². The smallest absolute Gasteiger partial charge is 0.418 e. The average Bonchev–Trinajstić information content (AvgIpc) is 2.15. The highest BCUT2D eigenvalue weighted by Crippen LogP contribution is 2.35. The predicted molar refractivity (Wildman–Crippen MR) is 52.3 cm³/mol. The van der Waals surface area contributed by atoms with Crippen molar-refractivity contribution in [2.75, 3.05) is 18.5 Å². The molecule has 0 saturated heterocycles. The largest absolute Gasteiger partial charge is 0.480 e. The van der Waals surface area contributed by atoms with Crippen LogP contribution in [0.1, 0.15) is 5.56 Å². The number of alkyl halides is 3. The van der Waals surface area contributed by atoms with Crippen LogP contribution in [0.3, 0.4) is 0 Å². The van der Waals surface area contributed by atoms with Crippen molar-refractivity contribution < 1.29 is 23.1 Å². The maximum absolute atomic E-state index is 12.6. The molecule has 88 valence electrons. The number of hydrogen-bond donors (Lipinski definition) is 1. The number of carboxylic acids is 1. The van der Waals surface area contributed by atoms with Crippen molar-refractivity contribution in [3.63, 3.8) is 0 Å². The quantitative estimate of drug-likeness (QED) is 0.870. The van der Waals surface area contributed by atoms with Gasteiger partial charge in [-0.3, -0.25) is 4.79 Å². The Labute approximate surface area is 90.1 Å². The zero-order valence-electron chi connectivity index (χ0n) is 8.45. The van der Waals surface area contributed by atoms with Crippen molar-refractivity contribution in [1.82, 2.24) is 0 Å². The topological polar surface area (TPSA) is 40.5 Å². The Balaban J connectivity index is 3.08. The third kappa shape index (κ3) is 2.88. The van der Waals surface area contributed by atoms with Crippen molar-refractivity contribution in [2.45, 2.75) is 6.18 Å². The molecule has 3 nitrogen and oxygen atoms in total. The summed E-state index contributed by atoms with van der Waals surface area (Å²) in [4.78, 5) is 11.5. The Morgan fingerprint density at radius 3 is 2.44 bits per heavy atom. The van der Waals surface area contributed by atoms with E-state index in [1.54, 1.807) is 0 Å². The second-order valence-electron chi connectivity index (χ2n) is 3.26. The molecule has 0 radical (unpaired) electrons. The van der Waals surface area contributed by atoms with E-state index in [1.165, 1.54) is 25.2 Å². The van der Waals surface area contributed by atoms with E-state index in [9.17, 15) is 18.0 Å². The van der Waals surface area contributed by atoms with Gasteiger partial charge in [-0.25, -0.2) is 0 Å². The zero-order valence-corrected chi connectivity index (χ0v) is 8.45. The van der Waals surface area contributed by atoms with E-state index in [2.05, 4.69) is 0 Å². The van der Waals surface area contributed by atoms with Crippen molar-refractivity contribution >= 4 is 11.7 Å². The van der Waals surface area contributed by atoms with Crippen molar-refractivity contribution in [3.8, 4) is 0 Å². The van der Waals surface area contributed by atoms with Crippen molar-refractivity contribution in [1.29, 1.82) is 0 Å². The van der Waals surface area contributed by atoms with Gasteiger partial charge in [0.05, 0.1) is 5.56 Å². The summed E-state index contributed by atoms with van der Waals surface area (Å²) in [5.41, 5.74) is -0.976. The number of nitrogens with zero attached hydrogens (tertiary/aromatic N) is 1. The van der Waals surface area contributed by atoms with E-state index in [0.29, 0.717) is 0 Å². The Morgan fingerprint density at radius 1 is 1.38 bits per heavy atom. The SMILES string of the molecule is CN(CC(=O)O)c1ccccc1C(F)(F)F. The fourth-order valence-electron chi connectivity index (χ4n) is 1.33. The minimum Gasteiger partial charge on any atom is -0.480 e. The molecule has 0 amide bonds. The molecular weight excluding hydrogens is 223 g/mol. The van der Waals surface area contributed by atoms with Gasteiger partial charge >= 0.3 is 12.1 Å². The molecule has 16 heavy (non-hydrogen) atoms. The van der Waals surface area contributed by atoms with Crippen LogP contribution in [-0.2, 0) is 11.0 Å².